The summed E-state index contributed by atoms with van der Waals surface area (Å²) in [6.45, 7) is 3.48. The molecule has 2 rings (SSSR count). The van der Waals surface area contributed by atoms with Gasteiger partial charge in [-0.1, -0.05) is 11.6 Å². The standard InChI is InChI=1S/C14H21ClN4O/c1-10-12(14(15)18(3)17-10)4-5-13(20)19-8-6-11(16-2)7-9-19/h4-5,11,16H,6-9H2,1-3H3. The lowest BCUT2D eigenvalue weighted by atomic mass is 10.1. The number of aromatic nitrogens is 2. The molecule has 0 aliphatic carbocycles. The van der Waals surface area contributed by atoms with Gasteiger partial charge < -0.3 is 10.2 Å². The number of piperidine rings is 1. The predicted octanol–water partition coefficient (Wildman–Crippen LogP) is 1.61. The quantitative estimate of drug-likeness (QED) is 0.862. The molecule has 2 heterocycles. The maximum absolute atomic E-state index is 12.1. The van der Waals surface area contributed by atoms with E-state index in [0.717, 1.165) is 37.2 Å². The van der Waals surface area contributed by atoms with Gasteiger partial charge in [-0.05, 0) is 32.9 Å². The second-order valence-electron chi connectivity index (χ2n) is 5.14. The Bertz CT molecular complexity index is 515. The van der Waals surface area contributed by atoms with E-state index in [0.29, 0.717) is 11.2 Å². The van der Waals surface area contributed by atoms with Crippen LogP contribution in [0.15, 0.2) is 6.08 Å². The molecule has 0 spiro atoms. The fourth-order valence-electron chi connectivity index (χ4n) is 2.48. The van der Waals surface area contributed by atoms with E-state index in [1.807, 2.05) is 18.9 Å². The first kappa shape index (κ1) is 15.1. The van der Waals surface area contributed by atoms with Gasteiger partial charge in [0.1, 0.15) is 5.15 Å². The number of carbonyl (C=O) groups excluding carboxylic acids is 1. The first-order valence-electron chi connectivity index (χ1n) is 6.86. The number of carbonyl (C=O) groups is 1. The molecule has 1 aliphatic rings. The summed E-state index contributed by atoms with van der Waals surface area (Å²) in [6.07, 6.45) is 5.36. The molecule has 110 valence electrons. The predicted molar refractivity (Wildman–Crippen MR) is 80.7 cm³/mol. The molecule has 0 aromatic carbocycles. The van der Waals surface area contributed by atoms with Crippen LogP contribution in [-0.2, 0) is 11.8 Å². The Labute approximate surface area is 124 Å². The van der Waals surface area contributed by atoms with Crippen LogP contribution in [0.3, 0.4) is 0 Å². The summed E-state index contributed by atoms with van der Waals surface area (Å²) >= 11 is 6.14. The Morgan fingerprint density at radius 1 is 1.45 bits per heavy atom. The zero-order chi connectivity index (χ0) is 14.7. The number of nitrogens with zero attached hydrogens (tertiary/aromatic N) is 3. The Balaban J connectivity index is 1.99. The zero-order valence-electron chi connectivity index (χ0n) is 12.2. The lowest BCUT2D eigenvalue weighted by Gasteiger charge is -2.31. The van der Waals surface area contributed by atoms with Crippen molar-refractivity contribution in [2.45, 2.75) is 25.8 Å². The topological polar surface area (TPSA) is 50.2 Å². The molecule has 1 aliphatic heterocycles. The minimum absolute atomic E-state index is 0.0406. The summed E-state index contributed by atoms with van der Waals surface area (Å²) < 4.78 is 1.61. The fraction of sp³-hybridized carbons (Fsp3) is 0.571. The molecular weight excluding hydrogens is 276 g/mol. The summed E-state index contributed by atoms with van der Waals surface area (Å²) in [7, 11) is 3.76. The van der Waals surface area contributed by atoms with Gasteiger partial charge in [0.15, 0.2) is 0 Å². The van der Waals surface area contributed by atoms with Crippen molar-refractivity contribution in [3.63, 3.8) is 0 Å². The van der Waals surface area contributed by atoms with Crippen LogP contribution in [0, 0.1) is 6.92 Å². The first-order chi connectivity index (χ1) is 9.52. The number of nitrogens with one attached hydrogen (secondary N) is 1. The highest BCUT2D eigenvalue weighted by molar-refractivity contribution is 6.31. The Hall–Kier alpha value is -1.33. The molecule has 0 bridgehead atoms. The van der Waals surface area contributed by atoms with E-state index in [2.05, 4.69) is 10.4 Å². The van der Waals surface area contributed by atoms with E-state index >= 15 is 0 Å². The van der Waals surface area contributed by atoms with Crippen LogP contribution in [0.5, 0.6) is 0 Å². The molecule has 6 heteroatoms. The average molecular weight is 297 g/mol. The molecule has 0 unspecified atom stereocenters. The molecule has 20 heavy (non-hydrogen) atoms. The molecule has 1 amide bonds. The van der Waals surface area contributed by atoms with Crippen LogP contribution in [-0.4, -0.2) is 46.8 Å². The van der Waals surface area contributed by atoms with E-state index in [1.54, 1.807) is 23.9 Å². The van der Waals surface area contributed by atoms with Crippen LogP contribution in [0.2, 0.25) is 5.15 Å². The van der Waals surface area contributed by atoms with Crippen molar-refractivity contribution >= 4 is 23.6 Å². The zero-order valence-corrected chi connectivity index (χ0v) is 12.9. The van der Waals surface area contributed by atoms with Gasteiger partial charge in [-0.3, -0.25) is 9.48 Å². The van der Waals surface area contributed by atoms with Crippen LogP contribution in [0.25, 0.3) is 6.08 Å². The van der Waals surface area contributed by atoms with Gasteiger partial charge in [0.2, 0.25) is 5.91 Å². The number of amides is 1. The van der Waals surface area contributed by atoms with Gasteiger partial charge in [-0.2, -0.15) is 5.10 Å². The van der Waals surface area contributed by atoms with Crippen LogP contribution < -0.4 is 5.32 Å². The summed E-state index contributed by atoms with van der Waals surface area (Å²) in [5.41, 5.74) is 1.64. The fourth-order valence-corrected chi connectivity index (χ4v) is 2.72. The number of halogens is 1. The van der Waals surface area contributed by atoms with Crippen LogP contribution >= 0.6 is 11.6 Å². The van der Waals surface area contributed by atoms with Crippen LogP contribution in [0.1, 0.15) is 24.1 Å². The SMILES string of the molecule is CNC1CCN(C(=O)C=Cc2c(C)nn(C)c2Cl)CC1. The number of aryl methyl sites for hydroxylation is 2. The van der Waals surface area contributed by atoms with Crippen molar-refractivity contribution in [3.8, 4) is 0 Å². The lowest BCUT2D eigenvalue weighted by Crippen LogP contribution is -2.43. The normalized spacial score (nSPS) is 17.1. The minimum Gasteiger partial charge on any atom is -0.339 e. The maximum atomic E-state index is 12.1. The molecular formula is C14H21ClN4O. The Morgan fingerprint density at radius 3 is 2.60 bits per heavy atom. The third kappa shape index (κ3) is 3.22. The van der Waals surface area contributed by atoms with Gasteiger partial charge in [-0.15, -0.1) is 0 Å². The number of hydrogen-bond acceptors (Lipinski definition) is 3. The lowest BCUT2D eigenvalue weighted by molar-refractivity contribution is -0.127. The number of likely N-dealkylation sites (tertiary alicyclic amines) is 1. The van der Waals surface area contributed by atoms with Crippen molar-refractivity contribution in [2.75, 3.05) is 20.1 Å². The molecule has 5 nitrogen and oxygen atoms in total. The van der Waals surface area contributed by atoms with E-state index in [1.165, 1.54) is 0 Å². The maximum Gasteiger partial charge on any atom is 0.246 e. The molecule has 0 atom stereocenters. The number of rotatable bonds is 3. The number of hydrogen-bond donors (Lipinski definition) is 1. The molecule has 1 aromatic heterocycles. The van der Waals surface area contributed by atoms with Gasteiger partial charge in [0.05, 0.1) is 5.69 Å². The molecule has 0 saturated carbocycles. The molecule has 1 fully saturated rings. The summed E-state index contributed by atoms with van der Waals surface area (Å²) in [5.74, 6) is 0.0406. The summed E-state index contributed by atoms with van der Waals surface area (Å²) in [4.78, 5) is 14.0. The smallest absolute Gasteiger partial charge is 0.246 e. The largest absolute Gasteiger partial charge is 0.339 e. The van der Waals surface area contributed by atoms with Gasteiger partial charge in [-0.25, -0.2) is 0 Å². The van der Waals surface area contributed by atoms with E-state index in [-0.39, 0.29) is 5.91 Å². The van der Waals surface area contributed by atoms with Gasteiger partial charge >= 0.3 is 0 Å². The van der Waals surface area contributed by atoms with Crippen molar-refractivity contribution in [3.05, 3.63) is 22.5 Å². The molecule has 1 aromatic rings. The molecule has 1 N–H and O–H groups in total. The molecule has 0 radical (unpaired) electrons. The summed E-state index contributed by atoms with van der Waals surface area (Å²) in [5, 5.41) is 8.03. The third-order valence-corrected chi connectivity index (χ3v) is 4.25. The van der Waals surface area contributed by atoms with Crippen molar-refractivity contribution in [2.24, 2.45) is 7.05 Å². The van der Waals surface area contributed by atoms with E-state index in [9.17, 15) is 4.79 Å². The highest BCUT2D eigenvalue weighted by Crippen LogP contribution is 2.20. The average Bonchev–Trinajstić information content (AvgIpc) is 2.70. The van der Waals surface area contributed by atoms with E-state index < -0.39 is 0 Å². The highest BCUT2D eigenvalue weighted by Gasteiger charge is 2.20. The highest BCUT2D eigenvalue weighted by atomic mass is 35.5. The van der Waals surface area contributed by atoms with Gasteiger partial charge in [0.25, 0.3) is 0 Å². The summed E-state index contributed by atoms with van der Waals surface area (Å²) in [6, 6.07) is 0.526. The Morgan fingerprint density at radius 2 is 2.10 bits per heavy atom. The van der Waals surface area contributed by atoms with E-state index in [4.69, 9.17) is 11.6 Å². The second-order valence-corrected chi connectivity index (χ2v) is 5.49. The van der Waals surface area contributed by atoms with Crippen molar-refractivity contribution in [1.29, 1.82) is 0 Å². The first-order valence-corrected chi connectivity index (χ1v) is 7.24. The Kier molecular flexibility index (Phi) is 4.83. The van der Waals surface area contributed by atoms with Crippen molar-refractivity contribution in [1.82, 2.24) is 20.0 Å². The van der Waals surface area contributed by atoms with Crippen LogP contribution in [0.4, 0.5) is 0 Å². The molecule has 1 saturated heterocycles. The second kappa shape index (κ2) is 6.41. The monoisotopic (exact) mass is 296 g/mol. The van der Waals surface area contributed by atoms with Gasteiger partial charge in [0, 0.05) is 37.8 Å². The third-order valence-electron chi connectivity index (χ3n) is 3.80. The van der Waals surface area contributed by atoms with Crippen molar-refractivity contribution < 1.29 is 4.79 Å². The minimum atomic E-state index is 0.0406.